The van der Waals surface area contributed by atoms with Gasteiger partial charge in [-0.3, -0.25) is 0 Å². The quantitative estimate of drug-likeness (QED) is 0.841. The molecule has 3 heterocycles. The van der Waals surface area contributed by atoms with E-state index in [1.54, 1.807) is 18.1 Å². The first kappa shape index (κ1) is 18.2. The molecule has 140 valence electrons. The number of likely N-dealkylation sites (N-methyl/N-ethyl adjacent to an activating group) is 1. The van der Waals surface area contributed by atoms with Gasteiger partial charge in [0.2, 0.25) is 0 Å². The number of piperazine rings is 1. The van der Waals surface area contributed by atoms with Crippen molar-refractivity contribution >= 4 is 11.8 Å². The highest BCUT2D eigenvalue weighted by Gasteiger charge is 2.16. The summed E-state index contributed by atoms with van der Waals surface area (Å²) in [6.07, 6.45) is 3.57. The molecule has 1 aliphatic rings. The van der Waals surface area contributed by atoms with Gasteiger partial charge < -0.3 is 25.0 Å². The second-order valence-electron chi connectivity index (χ2n) is 6.84. The molecule has 26 heavy (non-hydrogen) atoms. The summed E-state index contributed by atoms with van der Waals surface area (Å²) in [6.45, 7) is 6.90. The lowest BCUT2D eigenvalue weighted by atomic mass is 10.2. The normalized spacial score (nSPS) is 15.1. The standard InChI is InChI=1S/C18H27N7O/c1-14-11-20-16(22-14)13-24(3)18(26)21-12-15-4-5-19-17(10-15)25-8-6-23(2)7-9-25/h4-5,10-11H,6-9,12-13H2,1-3H3,(H,20,22)(H,21,26). The van der Waals surface area contributed by atoms with E-state index in [2.05, 4.69) is 43.2 Å². The van der Waals surface area contributed by atoms with E-state index in [-0.39, 0.29) is 6.03 Å². The van der Waals surface area contributed by atoms with Gasteiger partial charge in [0.15, 0.2) is 0 Å². The Morgan fingerprint density at radius 1 is 1.31 bits per heavy atom. The molecule has 0 radical (unpaired) electrons. The molecule has 8 heteroatoms. The van der Waals surface area contributed by atoms with Crippen molar-refractivity contribution < 1.29 is 4.79 Å². The van der Waals surface area contributed by atoms with Gasteiger partial charge in [0.05, 0.1) is 6.54 Å². The number of carbonyl (C=O) groups is 1. The molecule has 0 bridgehead atoms. The van der Waals surface area contributed by atoms with Gasteiger partial charge in [-0.2, -0.15) is 0 Å². The molecular formula is C18H27N7O. The van der Waals surface area contributed by atoms with Crippen LogP contribution in [0.3, 0.4) is 0 Å². The Balaban J connectivity index is 1.52. The number of H-pyrrole nitrogens is 1. The average Bonchev–Trinajstić information content (AvgIpc) is 3.05. The summed E-state index contributed by atoms with van der Waals surface area (Å²) in [5.41, 5.74) is 2.03. The second-order valence-corrected chi connectivity index (χ2v) is 6.84. The molecule has 0 spiro atoms. The van der Waals surface area contributed by atoms with Gasteiger partial charge >= 0.3 is 6.03 Å². The number of hydrogen-bond donors (Lipinski definition) is 2. The van der Waals surface area contributed by atoms with Crippen molar-refractivity contribution in [3.63, 3.8) is 0 Å². The zero-order chi connectivity index (χ0) is 18.5. The SMILES string of the molecule is Cc1cnc(CN(C)C(=O)NCc2ccnc(N3CCN(C)CC3)c2)[nH]1. The maximum absolute atomic E-state index is 12.3. The van der Waals surface area contributed by atoms with Crippen LogP contribution in [0.2, 0.25) is 0 Å². The molecule has 3 rings (SSSR count). The lowest BCUT2D eigenvalue weighted by Gasteiger charge is -2.33. The van der Waals surface area contributed by atoms with Crippen LogP contribution in [0, 0.1) is 6.92 Å². The molecule has 0 unspecified atom stereocenters. The summed E-state index contributed by atoms with van der Waals surface area (Å²) in [4.78, 5) is 30.4. The molecular weight excluding hydrogens is 330 g/mol. The van der Waals surface area contributed by atoms with Crippen LogP contribution in [0.15, 0.2) is 24.5 Å². The van der Waals surface area contributed by atoms with Gasteiger partial charge in [-0.15, -0.1) is 0 Å². The molecule has 2 aromatic rings. The minimum absolute atomic E-state index is 0.128. The topological polar surface area (TPSA) is 80.4 Å². The molecule has 2 aromatic heterocycles. The number of pyridine rings is 1. The maximum Gasteiger partial charge on any atom is 0.317 e. The largest absolute Gasteiger partial charge is 0.354 e. The number of urea groups is 1. The summed E-state index contributed by atoms with van der Waals surface area (Å²) < 4.78 is 0. The molecule has 2 amide bonds. The second kappa shape index (κ2) is 8.18. The monoisotopic (exact) mass is 357 g/mol. The van der Waals surface area contributed by atoms with Crippen LogP contribution in [0.25, 0.3) is 0 Å². The Hall–Kier alpha value is -2.61. The average molecular weight is 357 g/mol. The fraction of sp³-hybridized carbons (Fsp3) is 0.500. The van der Waals surface area contributed by atoms with Gasteiger partial charge in [-0.1, -0.05) is 0 Å². The van der Waals surface area contributed by atoms with E-state index < -0.39 is 0 Å². The van der Waals surface area contributed by atoms with Crippen molar-refractivity contribution in [1.82, 2.24) is 30.1 Å². The summed E-state index contributed by atoms with van der Waals surface area (Å²) in [5.74, 6) is 1.76. The third-order valence-electron chi connectivity index (χ3n) is 4.57. The van der Waals surface area contributed by atoms with Crippen LogP contribution in [-0.2, 0) is 13.1 Å². The highest BCUT2D eigenvalue weighted by Crippen LogP contribution is 2.14. The van der Waals surface area contributed by atoms with Crippen molar-refractivity contribution in [2.45, 2.75) is 20.0 Å². The van der Waals surface area contributed by atoms with Crippen LogP contribution in [-0.4, -0.2) is 71.1 Å². The molecule has 1 aliphatic heterocycles. The number of carbonyl (C=O) groups excluding carboxylic acids is 1. The van der Waals surface area contributed by atoms with Crippen molar-refractivity contribution in [3.05, 3.63) is 41.6 Å². The van der Waals surface area contributed by atoms with Gasteiger partial charge in [0, 0.05) is 57.9 Å². The number of aryl methyl sites for hydroxylation is 1. The van der Waals surface area contributed by atoms with Gasteiger partial charge in [-0.05, 0) is 31.7 Å². The van der Waals surface area contributed by atoms with Gasteiger partial charge in [-0.25, -0.2) is 14.8 Å². The molecule has 0 aliphatic carbocycles. The van der Waals surface area contributed by atoms with E-state index in [0.717, 1.165) is 49.1 Å². The minimum Gasteiger partial charge on any atom is -0.354 e. The molecule has 0 saturated carbocycles. The van der Waals surface area contributed by atoms with Crippen molar-refractivity contribution in [2.75, 3.05) is 45.2 Å². The number of nitrogens with zero attached hydrogens (tertiary/aromatic N) is 5. The van der Waals surface area contributed by atoms with E-state index >= 15 is 0 Å². The molecule has 8 nitrogen and oxygen atoms in total. The van der Waals surface area contributed by atoms with Crippen LogP contribution < -0.4 is 10.2 Å². The molecule has 0 atom stereocenters. The summed E-state index contributed by atoms with van der Waals surface area (Å²) in [5, 5.41) is 2.95. The van der Waals surface area contributed by atoms with Crippen LogP contribution in [0.5, 0.6) is 0 Å². The first-order valence-electron chi connectivity index (χ1n) is 8.89. The highest BCUT2D eigenvalue weighted by atomic mass is 16.2. The third-order valence-corrected chi connectivity index (χ3v) is 4.57. The Labute approximate surface area is 154 Å². The Kier molecular flexibility index (Phi) is 5.72. The van der Waals surface area contributed by atoms with Crippen molar-refractivity contribution in [2.24, 2.45) is 0 Å². The first-order valence-corrected chi connectivity index (χ1v) is 8.89. The number of anilines is 1. The van der Waals surface area contributed by atoms with Gasteiger partial charge in [0.1, 0.15) is 11.6 Å². The van der Waals surface area contributed by atoms with Gasteiger partial charge in [0.25, 0.3) is 0 Å². The Bertz CT molecular complexity index is 737. The third kappa shape index (κ3) is 4.72. The van der Waals surface area contributed by atoms with Crippen molar-refractivity contribution in [3.8, 4) is 0 Å². The number of rotatable bonds is 5. The van der Waals surface area contributed by atoms with Crippen LogP contribution in [0.1, 0.15) is 17.1 Å². The number of aromatic amines is 1. The van der Waals surface area contributed by atoms with Crippen LogP contribution >= 0.6 is 0 Å². The molecule has 1 saturated heterocycles. The summed E-state index contributed by atoms with van der Waals surface area (Å²) >= 11 is 0. The van der Waals surface area contributed by atoms with Crippen LogP contribution in [0.4, 0.5) is 10.6 Å². The Morgan fingerprint density at radius 3 is 2.77 bits per heavy atom. The lowest BCUT2D eigenvalue weighted by Crippen LogP contribution is -2.44. The van der Waals surface area contributed by atoms with E-state index in [9.17, 15) is 4.79 Å². The Morgan fingerprint density at radius 2 is 2.08 bits per heavy atom. The fourth-order valence-electron chi connectivity index (χ4n) is 2.94. The van der Waals surface area contributed by atoms with E-state index in [0.29, 0.717) is 13.1 Å². The minimum atomic E-state index is -0.128. The smallest absolute Gasteiger partial charge is 0.317 e. The fourth-order valence-corrected chi connectivity index (χ4v) is 2.94. The molecule has 1 fully saturated rings. The van der Waals surface area contributed by atoms with E-state index in [4.69, 9.17) is 0 Å². The number of imidazole rings is 1. The summed E-state index contributed by atoms with van der Waals surface area (Å²) in [7, 11) is 3.90. The molecule has 2 N–H and O–H groups in total. The van der Waals surface area contributed by atoms with E-state index in [1.807, 2.05) is 19.2 Å². The lowest BCUT2D eigenvalue weighted by molar-refractivity contribution is 0.205. The highest BCUT2D eigenvalue weighted by molar-refractivity contribution is 5.73. The zero-order valence-corrected chi connectivity index (χ0v) is 15.7. The zero-order valence-electron chi connectivity index (χ0n) is 15.7. The number of hydrogen-bond acceptors (Lipinski definition) is 5. The predicted molar refractivity (Wildman–Crippen MR) is 101 cm³/mol. The van der Waals surface area contributed by atoms with Crippen molar-refractivity contribution in [1.29, 1.82) is 0 Å². The maximum atomic E-state index is 12.3. The predicted octanol–water partition coefficient (Wildman–Crippen LogP) is 1.21. The number of nitrogens with one attached hydrogen (secondary N) is 2. The van der Waals surface area contributed by atoms with E-state index in [1.165, 1.54) is 0 Å². The molecule has 0 aromatic carbocycles. The summed E-state index contributed by atoms with van der Waals surface area (Å²) in [6, 6.07) is 3.87. The number of aromatic nitrogens is 3. The number of amides is 2. The first-order chi connectivity index (χ1) is 12.5.